The van der Waals surface area contributed by atoms with E-state index in [9.17, 15) is 18.0 Å². The van der Waals surface area contributed by atoms with Gasteiger partial charge >= 0.3 is 0 Å². The number of anilines is 1. The van der Waals surface area contributed by atoms with Gasteiger partial charge in [-0.3, -0.25) is 13.9 Å². The highest BCUT2D eigenvalue weighted by Gasteiger charge is 2.32. The molecule has 1 aliphatic rings. The van der Waals surface area contributed by atoms with Gasteiger partial charge in [-0.1, -0.05) is 68.3 Å². The van der Waals surface area contributed by atoms with Crippen LogP contribution >= 0.6 is 0 Å². The van der Waals surface area contributed by atoms with E-state index >= 15 is 0 Å². The van der Waals surface area contributed by atoms with Gasteiger partial charge in [0.2, 0.25) is 21.8 Å². The molecule has 218 valence electrons. The summed E-state index contributed by atoms with van der Waals surface area (Å²) >= 11 is 0. The standard InChI is InChI=1S/C32H39N3O5S/c1-3-30(32(37)33-26-14-10-11-15-26)34(23-22-25-12-6-4-7-13-25)31(36)24-35(41(2,38)39)27-18-20-29(21-19-27)40-28-16-8-5-9-17-28/h4-9,12-13,16-21,26,30H,3,10-11,14-15,22-24H2,1-2H3,(H,33,37)/t30-/m0/s1. The van der Waals surface area contributed by atoms with Crippen molar-refractivity contribution < 1.29 is 22.7 Å². The summed E-state index contributed by atoms with van der Waals surface area (Å²) in [5.74, 6) is 0.586. The van der Waals surface area contributed by atoms with Crippen molar-refractivity contribution in [1.82, 2.24) is 10.2 Å². The van der Waals surface area contributed by atoms with E-state index in [2.05, 4.69) is 5.32 Å². The summed E-state index contributed by atoms with van der Waals surface area (Å²) in [4.78, 5) is 28.8. The molecule has 1 atom stereocenters. The third-order valence-electron chi connectivity index (χ3n) is 7.35. The summed E-state index contributed by atoms with van der Waals surface area (Å²) in [6.07, 6.45) is 6.08. The van der Waals surface area contributed by atoms with E-state index in [-0.39, 0.29) is 11.9 Å². The number of benzene rings is 3. The Bertz CT molecular complexity index is 1380. The fourth-order valence-corrected chi connectivity index (χ4v) is 6.03. The molecule has 3 aromatic carbocycles. The van der Waals surface area contributed by atoms with Gasteiger partial charge in [0.15, 0.2) is 0 Å². The van der Waals surface area contributed by atoms with Crippen LogP contribution < -0.4 is 14.4 Å². The summed E-state index contributed by atoms with van der Waals surface area (Å²) in [5, 5.41) is 3.13. The van der Waals surface area contributed by atoms with Crippen LogP contribution in [0.3, 0.4) is 0 Å². The first-order chi connectivity index (χ1) is 19.7. The molecule has 1 N–H and O–H groups in total. The third-order valence-corrected chi connectivity index (χ3v) is 8.50. The van der Waals surface area contributed by atoms with E-state index in [1.807, 2.05) is 67.6 Å². The van der Waals surface area contributed by atoms with Crippen molar-refractivity contribution in [2.45, 2.75) is 57.5 Å². The second kappa shape index (κ2) is 14.2. The van der Waals surface area contributed by atoms with Crippen LogP contribution in [0, 0.1) is 0 Å². The summed E-state index contributed by atoms with van der Waals surface area (Å²) in [6, 6.07) is 25.0. The Kier molecular flexibility index (Phi) is 10.4. The van der Waals surface area contributed by atoms with Crippen molar-refractivity contribution in [3.63, 3.8) is 0 Å². The molecule has 0 aliphatic heterocycles. The van der Waals surface area contributed by atoms with Gasteiger partial charge in [0.05, 0.1) is 11.9 Å². The molecule has 8 nitrogen and oxygen atoms in total. The van der Waals surface area contributed by atoms with Crippen molar-refractivity contribution in [3.05, 3.63) is 90.5 Å². The molecule has 1 aliphatic carbocycles. The fraction of sp³-hybridized carbons (Fsp3) is 0.375. The SMILES string of the molecule is CC[C@@H](C(=O)NC1CCCC1)N(CCc1ccccc1)C(=O)CN(c1ccc(Oc2ccccc2)cc1)S(C)(=O)=O. The van der Waals surface area contributed by atoms with Gasteiger partial charge in [0, 0.05) is 12.6 Å². The average molecular weight is 578 g/mol. The number of carbonyl (C=O) groups is 2. The molecular formula is C32H39N3O5S. The predicted octanol–water partition coefficient (Wildman–Crippen LogP) is 5.15. The molecule has 0 radical (unpaired) electrons. The molecule has 9 heteroatoms. The Morgan fingerprint density at radius 2 is 1.49 bits per heavy atom. The number of hydrogen-bond acceptors (Lipinski definition) is 5. The molecular weight excluding hydrogens is 538 g/mol. The first-order valence-electron chi connectivity index (χ1n) is 14.2. The molecule has 0 heterocycles. The summed E-state index contributed by atoms with van der Waals surface area (Å²) in [6.45, 7) is 1.75. The van der Waals surface area contributed by atoms with Gasteiger partial charge in [-0.05, 0) is 67.6 Å². The van der Waals surface area contributed by atoms with E-state index in [0.29, 0.717) is 36.6 Å². The highest BCUT2D eigenvalue weighted by Crippen LogP contribution is 2.26. The maximum atomic E-state index is 13.9. The minimum atomic E-state index is -3.81. The van der Waals surface area contributed by atoms with Crippen molar-refractivity contribution >= 4 is 27.5 Å². The molecule has 4 rings (SSSR count). The number of carbonyl (C=O) groups excluding carboxylic acids is 2. The molecule has 41 heavy (non-hydrogen) atoms. The Morgan fingerprint density at radius 3 is 2.07 bits per heavy atom. The molecule has 0 saturated heterocycles. The Hall–Kier alpha value is -3.85. The van der Waals surface area contributed by atoms with Gasteiger partial charge < -0.3 is 15.0 Å². The quantitative estimate of drug-likeness (QED) is 0.303. The lowest BCUT2D eigenvalue weighted by atomic mass is 10.1. The van der Waals surface area contributed by atoms with Crippen molar-refractivity contribution in [3.8, 4) is 11.5 Å². The van der Waals surface area contributed by atoms with Crippen molar-refractivity contribution in [2.24, 2.45) is 0 Å². The van der Waals surface area contributed by atoms with Gasteiger partial charge in [0.25, 0.3) is 0 Å². The minimum absolute atomic E-state index is 0.117. The summed E-state index contributed by atoms with van der Waals surface area (Å²) in [7, 11) is -3.81. The normalized spacial score (nSPS) is 14.3. The Morgan fingerprint density at radius 1 is 0.902 bits per heavy atom. The third kappa shape index (κ3) is 8.57. The number of hydrogen-bond donors (Lipinski definition) is 1. The van der Waals surface area contributed by atoms with Gasteiger partial charge in [-0.25, -0.2) is 8.42 Å². The first kappa shape index (κ1) is 30.1. The van der Waals surface area contributed by atoms with E-state index < -0.39 is 28.5 Å². The number of nitrogens with zero attached hydrogens (tertiary/aromatic N) is 2. The maximum absolute atomic E-state index is 13.9. The highest BCUT2D eigenvalue weighted by molar-refractivity contribution is 7.92. The number of nitrogens with one attached hydrogen (secondary N) is 1. The zero-order valence-electron chi connectivity index (χ0n) is 23.7. The van der Waals surface area contributed by atoms with Crippen LogP contribution in [0.5, 0.6) is 11.5 Å². The lowest BCUT2D eigenvalue weighted by molar-refractivity contribution is -0.139. The lowest BCUT2D eigenvalue weighted by Crippen LogP contribution is -2.54. The number of para-hydroxylation sites is 1. The van der Waals surface area contributed by atoms with E-state index in [0.717, 1.165) is 41.8 Å². The zero-order valence-corrected chi connectivity index (χ0v) is 24.6. The molecule has 0 unspecified atom stereocenters. The van der Waals surface area contributed by atoms with Gasteiger partial charge in [-0.15, -0.1) is 0 Å². The molecule has 1 saturated carbocycles. The molecule has 0 aromatic heterocycles. The number of sulfonamides is 1. The predicted molar refractivity (Wildman–Crippen MR) is 161 cm³/mol. The molecule has 1 fully saturated rings. The molecule has 3 aromatic rings. The number of ether oxygens (including phenoxy) is 1. The van der Waals surface area contributed by atoms with Crippen LogP contribution in [-0.4, -0.2) is 56.6 Å². The average Bonchev–Trinajstić information content (AvgIpc) is 3.48. The molecule has 2 amide bonds. The van der Waals surface area contributed by atoms with Gasteiger partial charge in [0.1, 0.15) is 24.1 Å². The van der Waals surface area contributed by atoms with E-state index in [1.165, 1.54) is 0 Å². The maximum Gasteiger partial charge on any atom is 0.244 e. The monoisotopic (exact) mass is 577 g/mol. The lowest BCUT2D eigenvalue weighted by Gasteiger charge is -2.33. The minimum Gasteiger partial charge on any atom is -0.457 e. The van der Waals surface area contributed by atoms with Crippen molar-refractivity contribution in [2.75, 3.05) is 23.7 Å². The largest absolute Gasteiger partial charge is 0.457 e. The summed E-state index contributed by atoms with van der Waals surface area (Å²) < 4.78 is 32.7. The Balaban J connectivity index is 1.54. The number of amides is 2. The molecule has 0 spiro atoms. The second-order valence-electron chi connectivity index (χ2n) is 10.4. The van der Waals surface area contributed by atoms with Gasteiger partial charge in [-0.2, -0.15) is 0 Å². The van der Waals surface area contributed by atoms with Crippen LogP contribution in [0.25, 0.3) is 0 Å². The zero-order chi connectivity index (χ0) is 29.2. The Labute approximate surface area is 243 Å². The van der Waals surface area contributed by atoms with Crippen LogP contribution in [0.15, 0.2) is 84.9 Å². The van der Waals surface area contributed by atoms with Crippen molar-refractivity contribution in [1.29, 1.82) is 0 Å². The van der Waals surface area contributed by atoms with Crippen LogP contribution in [0.2, 0.25) is 0 Å². The number of rotatable bonds is 13. The van der Waals surface area contributed by atoms with E-state index in [1.54, 1.807) is 29.2 Å². The van der Waals surface area contributed by atoms with Crippen LogP contribution in [-0.2, 0) is 26.0 Å². The summed E-state index contributed by atoms with van der Waals surface area (Å²) in [5.41, 5.74) is 1.37. The molecule has 0 bridgehead atoms. The van der Waals surface area contributed by atoms with E-state index in [4.69, 9.17) is 4.74 Å². The topological polar surface area (TPSA) is 96.0 Å². The fourth-order valence-electron chi connectivity index (χ4n) is 5.18. The second-order valence-corrected chi connectivity index (χ2v) is 12.3. The van der Waals surface area contributed by atoms with Crippen LogP contribution in [0.1, 0.15) is 44.6 Å². The smallest absolute Gasteiger partial charge is 0.244 e. The first-order valence-corrected chi connectivity index (χ1v) is 16.0. The highest BCUT2D eigenvalue weighted by atomic mass is 32.2. The van der Waals surface area contributed by atoms with Crippen LogP contribution in [0.4, 0.5) is 5.69 Å².